The van der Waals surface area contributed by atoms with Crippen LogP contribution in [0.2, 0.25) is 0 Å². The molecule has 3 aromatic rings. The van der Waals surface area contributed by atoms with Crippen molar-refractivity contribution in [1.82, 2.24) is 9.78 Å². The number of ether oxygens (including phenoxy) is 1. The molecule has 0 bridgehead atoms. The molecule has 1 heterocycles. The Bertz CT molecular complexity index is 716. The van der Waals surface area contributed by atoms with Crippen LogP contribution in [0.5, 0.6) is 5.75 Å². The van der Waals surface area contributed by atoms with Crippen LogP contribution in [0.25, 0.3) is 10.8 Å². The molecule has 4 nitrogen and oxygen atoms in total. The Hall–Kier alpha value is -2.33. The van der Waals surface area contributed by atoms with Gasteiger partial charge >= 0.3 is 0 Å². The Morgan fingerprint density at radius 3 is 2.86 bits per heavy atom. The van der Waals surface area contributed by atoms with E-state index in [4.69, 9.17) is 9.84 Å². The molecule has 1 N–H and O–H groups in total. The zero-order valence-corrected chi connectivity index (χ0v) is 11.8. The third-order valence-corrected chi connectivity index (χ3v) is 3.41. The maximum Gasteiger partial charge on any atom is 0.127 e. The predicted octanol–water partition coefficient (Wildman–Crippen LogP) is 2.65. The smallest absolute Gasteiger partial charge is 0.127 e. The zero-order chi connectivity index (χ0) is 14.5. The average Bonchev–Trinajstić information content (AvgIpc) is 2.96. The van der Waals surface area contributed by atoms with Crippen LogP contribution >= 0.6 is 0 Å². The molecule has 0 atom stereocenters. The van der Waals surface area contributed by atoms with E-state index in [1.165, 1.54) is 5.39 Å². The number of fused-ring (bicyclic) bond motifs is 1. The number of aliphatic hydroxyl groups is 1. The summed E-state index contributed by atoms with van der Waals surface area (Å²) in [6.45, 7) is 1.40. The Morgan fingerprint density at radius 2 is 1.95 bits per heavy atom. The number of rotatable bonds is 6. The van der Waals surface area contributed by atoms with Gasteiger partial charge in [-0.2, -0.15) is 5.10 Å². The van der Waals surface area contributed by atoms with Crippen molar-refractivity contribution in [3.8, 4) is 5.75 Å². The topological polar surface area (TPSA) is 47.3 Å². The van der Waals surface area contributed by atoms with Crippen LogP contribution in [0, 0.1) is 0 Å². The summed E-state index contributed by atoms with van der Waals surface area (Å²) in [6.07, 6.45) is 4.38. The van der Waals surface area contributed by atoms with E-state index >= 15 is 0 Å². The van der Waals surface area contributed by atoms with E-state index in [0.29, 0.717) is 19.6 Å². The molecular formula is C17H18N2O2. The largest absolute Gasteiger partial charge is 0.491 e. The van der Waals surface area contributed by atoms with Crippen molar-refractivity contribution >= 4 is 10.8 Å². The molecule has 0 spiro atoms. The molecule has 0 aliphatic carbocycles. The first kappa shape index (κ1) is 13.6. The van der Waals surface area contributed by atoms with Crippen molar-refractivity contribution in [2.45, 2.75) is 13.0 Å². The average molecular weight is 282 g/mol. The Kier molecular flexibility index (Phi) is 4.17. The summed E-state index contributed by atoms with van der Waals surface area (Å²) in [5.74, 6) is 0.899. The highest BCUT2D eigenvalue weighted by Crippen LogP contribution is 2.24. The van der Waals surface area contributed by atoms with E-state index in [1.54, 1.807) is 6.20 Å². The summed E-state index contributed by atoms with van der Waals surface area (Å²) in [6, 6.07) is 14.3. The molecule has 108 valence electrons. The molecule has 4 heteroatoms. The second kappa shape index (κ2) is 6.41. The first-order valence-electron chi connectivity index (χ1n) is 7.09. The summed E-state index contributed by atoms with van der Waals surface area (Å²) in [5, 5.41) is 15.5. The van der Waals surface area contributed by atoms with E-state index in [1.807, 2.05) is 35.1 Å². The highest BCUT2D eigenvalue weighted by Gasteiger charge is 2.02. The van der Waals surface area contributed by atoms with Gasteiger partial charge in [0.1, 0.15) is 12.4 Å². The van der Waals surface area contributed by atoms with Crippen molar-refractivity contribution in [2.75, 3.05) is 13.2 Å². The number of nitrogens with zero attached hydrogens (tertiary/aromatic N) is 2. The van der Waals surface area contributed by atoms with Crippen LogP contribution < -0.4 is 4.74 Å². The third kappa shape index (κ3) is 3.23. The SMILES string of the molecule is OCCc1cnn(CCOc2cccc3ccccc23)c1. The summed E-state index contributed by atoms with van der Waals surface area (Å²) in [5.41, 5.74) is 1.04. The predicted molar refractivity (Wildman–Crippen MR) is 82.5 cm³/mol. The van der Waals surface area contributed by atoms with Gasteiger partial charge in [0.05, 0.1) is 12.7 Å². The van der Waals surface area contributed by atoms with Gasteiger partial charge in [-0.15, -0.1) is 0 Å². The van der Waals surface area contributed by atoms with Crippen LogP contribution in [0.3, 0.4) is 0 Å². The van der Waals surface area contributed by atoms with Crippen molar-refractivity contribution in [2.24, 2.45) is 0 Å². The van der Waals surface area contributed by atoms with Gasteiger partial charge in [-0.1, -0.05) is 36.4 Å². The number of benzene rings is 2. The highest BCUT2D eigenvalue weighted by atomic mass is 16.5. The molecule has 0 saturated heterocycles. The maximum atomic E-state index is 8.89. The van der Waals surface area contributed by atoms with Crippen LogP contribution in [0.4, 0.5) is 0 Å². The number of aliphatic hydroxyl groups excluding tert-OH is 1. The van der Waals surface area contributed by atoms with Crippen LogP contribution in [0.1, 0.15) is 5.56 Å². The lowest BCUT2D eigenvalue weighted by Gasteiger charge is -2.09. The molecule has 0 amide bonds. The molecule has 1 aromatic heterocycles. The minimum absolute atomic E-state index is 0.151. The van der Waals surface area contributed by atoms with Gasteiger partial charge in [-0.25, -0.2) is 0 Å². The highest BCUT2D eigenvalue weighted by molar-refractivity contribution is 5.88. The van der Waals surface area contributed by atoms with Gasteiger partial charge < -0.3 is 9.84 Å². The van der Waals surface area contributed by atoms with E-state index < -0.39 is 0 Å². The second-order valence-corrected chi connectivity index (χ2v) is 4.91. The molecule has 0 aliphatic heterocycles. The summed E-state index contributed by atoms with van der Waals surface area (Å²) < 4.78 is 7.73. The fraction of sp³-hybridized carbons (Fsp3) is 0.235. The molecule has 0 saturated carbocycles. The normalized spacial score (nSPS) is 10.9. The summed E-state index contributed by atoms with van der Waals surface area (Å²) >= 11 is 0. The van der Waals surface area contributed by atoms with Gasteiger partial charge in [-0.05, 0) is 23.4 Å². The van der Waals surface area contributed by atoms with Gasteiger partial charge in [0.15, 0.2) is 0 Å². The van der Waals surface area contributed by atoms with Gasteiger partial charge in [0, 0.05) is 18.2 Å². The molecule has 0 unspecified atom stereocenters. The maximum absolute atomic E-state index is 8.89. The molecule has 0 radical (unpaired) electrons. The molecule has 0 aliphatic rings. The number of aromatic nitrogens is 2. The summed E-state index contributed by atoms with van der Waals surface area (Å²) in [7, 11) is 0. The van der Waals surface area contributed by atoms with Gasteiger partial charge in [0.25, 0.3) is 0 Å². The van der Waals surface area contributed by atoms with Crippen molar-refractivity contribution in [3.63, 3.8) is 0 Å². The third-order valence-electron chi connectivity index (χ3n) is 3.41. The van der Waals surface area contributed by atoms with Gasteiger partial charge in [-0.3, -0.25) is 4.68 Å². The second-order valence-electron chi connectivity index (χ2n) is 4.91. The Morgan fingerprint density at radius 1 is 1.10 bits per heavy atom. The Balaban J connectivity index is 1.63. The minimum atomic E-state index is 0.151. The van der Waals surface area contributed by atoms with E-state index in [2.05, 4.69) is 23.3 Å². The molecule has 2 aromatic carbocycles. The quantitative estimate of drug-likeness (QED) is 0.756. The van der Waals surface area contributed by atoms with Crippen molar-refractivity contribution in [3.05, 3.63) is 60.4 Å². The summed E-state index contributed by atoms with van der Waals surface area (Å²) in [4.78, 5) is 0. The van der Waals surface area contributed by atoms with E-state index in [0.717, 1.165) is 16.7 Å². The number of hydrogen-bond acceptors (Lipinski definition) is 3. The first-order valence-corrected chi connectivity index (χ1v) is 7.09. The van der Waals surface area contributed by atoms with Gasteiger partial charge in [0.2, 0.25) is 0 Å². The fourth-order valence-corrected chi connectivity index (χ4v) is 2.36. The zero-order valence-electron chi connectivity index (χ0n) is 11.8. The lowest BCUT2D eigenvalue weighted by Crippen LogP contribution is -2.08. The monoisotopic (exact) mass is 282 g/mol. The number of hydrogen-bond donors (Lipinski definition) is 1. The van der Waals surface area contributed by atoms with E-state index in [-0.39, 0.29) is 6.61 Å². The lowest BCUT2D eigenvalue weighted by atomic mass is 10.1. The van der Waals surface area contributed by atoms with Crippen LogP contribution in [-0.2, 0) is 13.0 Å². The standard InChI is InChI=1S/C17H18N2O2/c20-10-8-14-12-18-19(13-14)9-11-21-17-7-3-5-15-4-1-2-6-16(15)17/h1-7,12-13,20H,8-11H2. The fourth-order valence-electron chi connectivity index (χ4n) is 2.36. The lowest BCUT2D eigenvalue weighted by molar-refractivity contribution is 0.293. The minimum Gasteiger partial charge on any atom is -0.491 e. The van der Waals surface area contributed by atoms with Crippen LogP contribution in [-0.4, -0.2) is 28.1 Å². The first-order chi connectivity index (χ1) is 10.4. The van der Waals surface area contributed by atoms with E-state index in [9.17, 15) is 0 Å². The van der Waals surface area contributed by atoms with Crippen LogP contribution in [0.15, 0.2) is 54.9 Å². The molecule has 3 rings (SSSR count). The van der Waals surface area contributed by atoms with Crippen molar-refractivity contribution < 1.29 is 9.84 Å². The molecular weight excluding hydrogens is 264 g/mol. The van der Waals surface area contributed by atoms with Crippen molar-refractivity contribution in [1.29, 1.82) is 0 Å². The molecule has 0 fully saturated rings. The molecule has 21 heavy (non-hydrogen) atoms. The Labute approximate surface area is 123 Å².